The second-order valence-electron chi connectivity index (χ2n) is 4.67. The number of carbonyl (C=O) groups is 1. The minimum atomic E-state index is -1.03. The minimum absolute atomic E-state index is 0.265. The van der Waals surface area contributed by atoms with Crippen molar-refractivity contribution in [2.24, 2.45) is 5.73 Å². The zero-order valence-corrected chi connectivity index (χ0v) is 10.5. The van der Waals surface area contributed by atoms with Gasteiger partial charge in [-0.25, -0.2) is 0 Å². The molecule has 1 saturated carbocycles. The molecule has 4 heteroatoms. The number of rotatable bonds is 5. The summed E-state index contributed by atoms with van der Waals surface area (Å²) in [5, 5.41) is 10.1. The van der Waals surface area contributed by atoms with Crippen molar-refractivity contribution >= 4 is 5.97 Å². The zero-order valence-electron chi connectivity index (χ0n) is 10.5. The molecular formula is C14H19NO3. The third kappa shape index (κ3) is 2.89. The van der Waals surface area contributed by atoms with Gasteiger partial charge in [-0.15, -0.1) is 0 Å². The molecule has 1 aliphatic rings. The number of hydrogen-bond acceptors (Lipinski definition) is 4. The van der Waals surface area contributed by atoms with Gasteiger partial charge in [0.15, 0.2) is 0 Å². The molecule has 0 heterocycles. The van der Waals surface area contributed by atoms with Gasteiger partial charge in [-0.2, -0.15) is 0 Å². The summed E-state index contributed by atoms with van der Waals surface area (Å²) in [6, 6.07) is 6.63. The van der Waals surface area contributed by atoms with Crippen LogP contribution < -0.4 is 5.73 Å². The van der Waals surface area contributed by atoms with Gasteiger partial charge in [0.1, 0.15) is 12.1 Å². The Labute approximate surface area is 107 Å². The van der Waals surface area contributed by atoms with E-state index in [1.54, 1.807) is 13.0 Å². The van der Waals surface area contributed by atoms with E-state index in [1.807, 2.05) is 18.2 Å². The van der Waals surface area contributed by atoms with Crippen LogP contribution in [0.25, 0.3) is 0 Å². The second-order valence-corrected chi connectivity index (χ2v) is 4.67. The average Bonchev–Trinajstić information content (AvgIpc) is 3.22. The summed E-state index contributed by atoms with van der Waals surface area (Å²) in [5.41, 5.74) is 7.59. The number of nitrogens with two attached hydrogens (primary N) is 1. The molecule has 0 radical (unpaired) electrons. The van der Waals surface area contributed by atoms with E-state index in [4.69, 9.17) is 10.5 Å². The van der Waals surface area contributed by atoms with Gasteiger partial charge in [0, 0.05) is 0 Å². The normalized spacial score (nSPS) is 18.2. The predicted molar refractivity (Wildman–Crippen MR) is 68.0 cm³/mol. The lowest BCUT2D eigenvalue weighted by Gasteiger charge is -2.18. The molecule has 18 heavy (non-hydrogen) atoms. The lowest BCUT2D eigenvalue weighted by molar-refractivity contribution is -0.147. The SMILES string of the molecule is CCOC(=O)C(N)C(O)c1cccc(C2CC2)c1. The van der Waals surface area contributed by atoms with E-state index < -0.39 is 18.1 Å². The smallest absolute Gasteiger partial charge is 0.325 e. The number of carbonyl (C=O) groups excluding carboxylic acids is 1. The Morgan fingerprint density at radius 1 is 1.56 bits per heavy atom. The van der Waals surface area contributed by atoms with Crippen LogP contribution in [0, 0.1) is 0 Å². The first-order valence-corrected chi connectivity index (χ1v) is 6.33. The highest BCUT2D eigenvalue weighted by atomic mass is 16.5. The maximum Gasteiger partial charge on any atom is 0.325 e. The Morgan fingerprint density at radius 2 is 2.28 bits per heavy atom. The molecule has 1 aliphatic carbocycles. The van der Waals surface area contributed by atoms with Crippen molar-refractivity contribution in [3.05, 3.63) is 35.4 Å². The summed E-state index contributed by atoms with van der Waals surface area (Å²) in [7, 11) is 0. The first-order chi connectivity index (χ1) is 8.63. The molecular weight excluding hydrogens is 230 g/mol. The van der Waals surface area contributed by atoms with Crippen LogP contribution in [0.3, 0.4) is 0 Å². The molecule has 2 atom stereocenters. The van der Waals surface area contributed by atoms with Crippen molar-refractivity contribution in [2.45, 2.75) is 37.8 Å². The number of esters is 1. The van der Waals surface area contributed by atoms with Crippen LogP contribution in [-0.2, 0) is 9.53 Å². The van der Waals surface area contributed by atoms with Gasteiger partial charge >= 0.3 is 5.97 Å². The predicted octanol–water partition coefficient (Wildman–Crippen LogP) is 1.49. The van der Waals surface area contributed by atoms with Crippen molar-refractivity contribution in [1.82, 2.24) is 0 Å². The molecule has 0 saturated heterocycles. The number of ether oxygens (including phenoxy) is 1. The van der Waals surface area contributed by atoms with Gasteiger partial charge in [-0.05, 0) is 36.8 Å². The van der Waals surface area contributed by atoms with E-state index in [2.05, 4.69) is 0 Å². The number of benzene rings is 1. The van der Waals surface area contributed by atoms with E-state index in [0.717, 1.165) is 0 Å². The van der Waals surface area contributed by atoms with Gasteiger partial charge < -0.3 is 15.6 Å². The Balaban J connectivity index is 2.09. The van der Waals surface area contributed by atoms with Crippen molar-refractivity contribution in [3.8, 4) is 0 Å². The molecule has 1 fully saturated rings. The largest absolute Gasteiger partial charge is 0.465 e. The fourth-order valence-electron chi connectivity index (χ4n) is 1.99. The third-order valence-corrected chi connectivity index (χ3v) is 3.20. The van der Waals surface area contributed by atoms with E-state index in [1.165, 1.54) is 18.4 Å². The first kappa shape index (κ1) is 13.1. The molecule has 0 aliphatic heterocycles. The van der Waals surface area contributed by atoms with Crippen LogP contribution in [0.15, 0.2) is 24.3 Å². The molecule has 0 amide bonds. The molecule has 4 nitrogen and oxygen atoms in total. The molecule has 0 aromatic heterocycles. The van der Waals surface area contributed by atoms with E-state index in [-0.39, 0.29) is 6.61 Å². The van der Waals surface area contributed by atoms with Gasteiger partial charge in [0.25, 0.3) is 0 Å². The van der Waals surface area contributed by atoms with Crippen molar-refractivity contribution in [1.29, 1.82) is 0 Å². The third-order valence-electron chi connectivity index (χ3n) is 3.20. The Kier molecular flexibility index (Phi) is 3.99. The minimum Gasteiger partial charge on any atom is -0.465 e. The van der Waals surface area contributed by atoms with Crippen molar-refractivity contribution < 1.29 is 14.6 Å². The quantitative estimate of drug-likeness (QED) is 0.775. The fraction of sp³-hybridized carbons (Fsp3) is 0.500. The fourth-order valence-corrected chi connectivity index (χ4v) is 1.99. The molecule has 3 N–H and O–H groups in total. The van der Waals surface area contributed by atoms with Gasteiger partial charge in [0.2, 0.25) is 0 Å². The number of aliphatic hydroxyl groups excluding tert-OH is 1. The average molecular weight is 249 g/mol. The highest BCUT2D eigenvalue weighted by molar-refractivity contribution is 5.76. The van der Waals surface area contributed by atoms with Crippen LogP contribution in [0.2, 0.25) is 0 Å². The van der Waals surface area contributed by atoms with Crippen LogP contribution in [-0.4, -0.2) is 23.7 Å². The molecule has 2 rings (SSSR count). The summed E-state index contributed by atoms with van der Waals surface area (Å²) in [6.45, 7) is 1.98. The topological polar surface area (TPSA) is 72.5 Å². The van der Waals surface area contributed by atoms with E-state index in [9.17, 15) is 9.90 Å². The van der Waals surface area contributed by atoms with E-state index >= 15 is 0 Å². The molecule has 2 unspecified atom stereocenters. The molecule has 0 bridgehead atoms. The highest BCUT2D eigenvalue weighted by Gasteiger charge is 2.28. The second kappa shape index (κ2) is 5.50. The Hall–Kier alpha value is -1.39. The molecule has 0 spiro atoms. The zero-order chi connectivity index (χ0) is 13.1. The van der Waals surface area contributed by atoms with Gasteiger partial charge in [0.05, 0.1) is 6.61 Å². The summed E-state index contributed by atoms with van der Waals surface area (Å²) < 4.78 is 4.81. The maximum absolute atomic E-state index is 11.5. The number of hydrogen-bond donors (Lipinski definition) is 2. The molecule has 98 valence electrons. The Bertz CT molecular complexity index is 429. The lowest BCUT2D eigenvalue weighted by atomic mass is 9.99. The highest BCUT2D eigenvalue weighted by Crippen LogP contribution is 2.40. The monoisotopic (exact) mass is 249 g/mol. The first-order valence-electron chi connectivity index (χ1n) is 6.33. The number of aliphatic hydroxyl groups is 1. The Morgan fingerprint density at radius 3 is 2.89 bits per heavy atom. The maximum atomic E-state index is 11.5. The summed E-state index contributed by atoms with van der Waals surface area (Å²) >= 11 is 0. The van der Waals surface area contributed by atoms with Gasteiger partial charge in [-0.1, -0.05) is 24.3 Å². The van der Waals surface area contributed by atoms with Crippen LogP contribution in [0.1, 0.15) is 42.9 Å². The van der Waals surface area contributed by atoms with Crippen molar-refractivity contribution in [3.63, 3.8) is 0 Å². The van der Waals surface area contributed by atoms with Crippen molar-refractivity contribution in [2.75, 3.05) is 6.61 Å². The summed E-state index contributed by atoms with van der Waals surface area (Å²) in [4.78, 5) is 11.5. The summed E-state index contributed by atoms with van der Waals surface area (Å²) in [6.07, 6.45) is 1.38. The summed E-state index contributed by atoms with van der Waals surface area (Å²) in [5.74, 6) is 0.0396. The van der Waals surface area contributed by atoms with Crippen LogP contribution >= 0.6 is 0 Å². The molecule has 1 aromatic rings. The lowest BCUT2D eigenvalue weighted by Crippen LogP contribution is -2.38. The van der Waals surface area contributed by atoms with Crippen LogP contribution in [0.5, 0.6) is 0 Å². The standard InChI is InChI=1S/C14H19NO3/c1-2-18-14(17)12(15)13(16)11-5-3-4-10(8-11)9-6-7-9/h3-5,8-9,12-13,16H,2,6-7,15H2,1H3. The molecule has 1 aromatic carbocycles. The van der Waals surface area contributed by atoms with Crippen LogP contribution in [0.4, 0.5) is 0 Å². The van der Waals surface area contributed by atoms with Gasteiger partial charge in [-0.3, -0.25) is 4.79 Å². The van der Waals surface area contributed by atoms with E-state index in [0.29, 0.717) is 11.5 Å².